The van der Waals surface area contributed by atoms with Gasteiger partial charge in [0, 0.05) is 26.0 Å². The average Bonchev–Trinajstić information content (AvgIpc) is 2.91. The highest BCUT2D eigenvalue weighted by atomic mass is 35.5. The highest BCUT2D eigenvalue weighted by Crippen LogP contribution is 2.33. The maximum atomic E-state index is 12.4. The second-order valence-corrected chi connectivity index (χ2v) is 6.27. The molecule has 1 unspecified atom stereocenters. The average molecular weight is 311 g/mol. The number of hydrogen-bond donors (Lipinski definition) is 0. The van der Waals surface area contributed by atoms with Crippen LogP contribution >= 0.6 is 34.5 Å². The molecule has 0 bridgehead atoms. The summed E-state index contributed by atoms with van der Waals surface area (Å²) in [4.78, 5) is 25.5. The summed E-state index contributed by atoms with van der Waals surface area (Å²) < 4.78 is 0. The van der Waals surface area contributed by atoms with Crippen molar-refractivity contribution in [2.75, 3.05) is 0 Å². The van der Waals surface area contributed by atoms with Gasteiger partial charge in [-0.15, -0.1) is 11.3 Å². The van der Waals surface area contributed by atoms with Gasteiger partial charge in [-0.05, 0) is 36.1 Å². The van der Waals surface area contributed by atoms with Crippen LogP contribution < -0.4 is 0 Å². The zero-order chi connectivity index (χ0) is 13.6. The van der Waals surface area contributed by atoms with Gasteiger partial charge in [-0.3, -0.25) is 9.59 Å². The molecular weight excluding hydrogens is 303 g/mol. The second-order valence-electron chi connectivity index (χ2n) is 4.40. The summed E-state index contributed by atoms with van der Waals surface area (Å²) in [6.45, 7) is 0. The van der Waals surface area contributed by atoms with Crippen LogP contribution in [0.3, 0.4) is 0 Å². The molecule has 1 heterocycles. The van der Waals surface area contributed by atoms with Crippen LogP contribution in [0.15, 0.2) is 29.6 Å². The first-order valence-electron chi connectivity index (χ1n) is 5.67. The third kappa shape index (κ3) is 2.22. The molecule has 0 amide bonds. The number of fused-ring (bicyclic) bond motifs is 1. The van der Waals surface area contributed by atoms with Gasteiger partial charge >= 0.3 is 0 Å². The molecule has 19 heavy (non-hydrogen) atoms. The number of carbonyl (C=O) groups is 2. The molecule has 0 aliphatic heterocycles. The fraction of sp³-hybridized carbons (Fsp3) is 0.143. The predicted molar refractivity (Wildman–Crippen MR) is 76.6 cm³/mol. The first-order chi connectivity index (χ1) is 9.06. The van der Waals surface area contributed by atoms with Gasteiger partial charge in [0.05, 0.1) is 5.92 Å². The Morgan fingerprint density at radius 3 is 2.53 bits per heavy atom. The number of rotatable bonds is 2. The van der Waals surface area contributed by atoms with Crippen LogP contribution in [0.25, 0.3) is 0 Å². The Labute approximate surface area is 124 Å². The first kappa shape index (κ1) is 12.9. The van der Waals surface area contributed by atoms with Crippen LogP contribution in [0.5, 0.6) is 0 Å². The van der Waals surface area contributed by atoms with Gasteiger partial charge < -0.3 is 0 Å². The standard InChI is InChI=1S/C14H8Cl2O2S/c15-8-3-7(4-9(16)5-8)13(17)11-6-12-10(14(11)18)1-2-19-12/h1-5,11H,6H2. The summed E-state index contributed by atoms with van der Waals surface area (Å²) >= 11 is 13.3. The summed E-state index contributed by atoms with van der Waals surface area (Å²) in [6, 6.07) is 6.44. The van der Waals surface area contributed by atoms with Crippen molar-refractivity contribution in [3.05, 3.63) is 55.7 Å². The number of thiophene rings is 1. The molecule has 1 aromatic heterocycles. The van der Waals surface area contributed by atoms with E-state index in [4.69, 9.17) is 23.2 Å². The third-order valence-electron chi connectivity index (χ3n) is 3.18. The largest absolute Gasteiger partial charge is 0.293 e. The van der Waals surface area contributed by atoms with Crippen LogP contribution in [-0.2, 0) is 6.42 Å². The zero-order valence-electron chi connectivity index (χ0n) is 9.65. The molecule has 0 spiro atoms. The third-order valence-corrected chi connectivity index (χ3v) is 4.56. The first-order valence-corrected chi connectivity index (χ1v) is 7.30. The van der Waals surface area contributed by atoms with Gasteiger partial charge in [0.15, 0.2) is 11.6 Å². The van der Waals surface area contributed by atoms with Gasteiger partial charge in [-0.2, -0.15) is 0 Å². The molecule has 0 saturated heterocycles. The van der Waals surface area contributed by atoms with Crippen molar-refractivity contribution in [1.82, 2.24) is 0 Å². The summed E-state index contributed by atoms with van der Waals surface area (Å²) in [5.74, 6) is -0.938. The van der Waals surface area contributed by atoms with E-state index < -0.39 is 5.92 Å². The molecule has 1 aliphatic carbocycles. The van der Waals surface area contributed by atoms with Crippen molar-refractivity contribution in [1.29, 1.82) is 0 Å². The van der Waals surface area contributed by atoms with Gasteiger partial charge in [-0.1, -0.05) is 23.2 Å². The van der Waals surface area contributed by atoms with E-state index >= 15 is 0 Å². The lowest BCUT2D eigenvalue weighted by Crippen LogP contribution is -2.21. The molecular formula is C14H8Cl2O2S. The maximum Gasteiger partial charge on any atom is 0.175 e. The number of halogens is 2. The van der Waals surface area contributed by atoms with Crippen LogP contribution in [0, 0.1) is 5.92 Å². The molecule has 0 radical (unpaired) electrons. The molecule has 1 atom stereocenters. The van der Waals surface area contributed by atoms with Crippen molar-refractivity contribution in [3.63, 3.8) is 0 Å². The van der Waals surface area contributed by atoms with E-state index in [1.807, 2.05) is 5.38 Å². The molecule has 2 aromatic rings. The van der Waals surface area contributed by atoms with E-state index in [0.717, 1.165) is 4.88 Å². The lowest BCUT2D eigenvalue weighted by atomic mass is 9.94. The molecule has 3 rings (SSSR count). The molecule has 2 nitrogen and oxygen atoms in total. The molecule has 0 fully saturated rings. The normalized spacial score (nSPS) is 17.6. The van der Waals surface area contributed by atoms with Gasteiger partial charge in [0.1, 0.15) is 0 Å². The van der Waals surface area contributed by atoms with E-state index in [2.05, 4.69) is 0 Å². The summed E-state index contributed by atoms with van der Waals surface area (Å²) in [5.41, 5.74) is 1.07. The topological polar surface area (TPSA) is 34.1 Å². The quantitative estimate of drug-likeness (QED) is 0.612. The number of benzene rings is 1. The monoisotopic (exact) mass is 310 g/mol. The molecule has 1 aromatic carbocycles. The minimum absolute atomic E-state index is 0.0997. The minimum Gasteiger partial charge on any atom is -0.293 e. The van der Waals surface area contributed by atoms with E-state index in [0.29, 0.717) is 27.6 Å². The Morgan fingerprint density at radius 1 is 1.21 bits per heavy atom. The van der Waals surface area contributed by atoms with Crippen molar-refractivity contribution in [2.45, 2.75) is 6.42 Å². The minimum atomic E-state index is -0.628. The Kier molecular flexibility index (Phi) is 3.21. The fourth-order valence-electron chi connectivity index (χ4n) is 2.29. The van der Waals surface area contributed by atoms with Gasteiger partial charge in [0.2, 0.25) is 0 Å². The van der Waals surface area contributed by atoms with E-state index in [9.17, 15) is 9.59 Å². The molecule has 0 N–H and O–H groups in total. The zero-order valence-corrected chi connectivity index (χ0v) is 12.0. The van der Waals surface area contributed by atoms with Gasteiger partial charge in [-0.25, -0.2) is 0 Å². The Bertz CT molecular complexity index is 670. The summed E-state index contributed by atoms with van der Waals surface area (Å²) in [5, 5.41) is 2.67. The molecule has 1 aliphatic rings. The maximum absolute atomic E-state index is 12.4. The van der Waals surface area contributed by atoms with Crippen molar-refractivity contribution in [2.24, 2.45) is 5.92 Å². The molecule has 96 valence electrons. The molecule has 0 saturated carbocycles. The summed E-state index contributed by atoms with van der Waals surface area (Å²) in [6.07, 6.45) is 0.481. The SMILES string of the molecule is O=C(c1cc(Cl)cc(Cl)c1)C1Cc2sccc2C1=O. The van der Waals surface area contributed by atoms with Crippen molar-refractivity contribution >= 4 is 46.1 Å². The van der Waals surface area contributed by atoms with Crippen LogP contribution in [-0.4, -0.2) is 11.6 Å². The second kappa shape index (κ2) is 4.75. The highest BCUT2D eigenvalue weighted by molar-refractivity contribution is 7.10. The molecule has 5 heteroatoms. The Balaban J connectivity index is 1.94. The highest BCUT2D eigenvalue weighted by Gasteiger charge is 2.37. The van der Waals surface area contributed by atoms with Crippen LogP contribution in [0.1, 0.15) is 25.6 Å². The van der Waals surface area contributed by atoms with Crippen molar-refractivity contribution < 1.29 is 9.59 Å². The number of hydrogen-bond acceptors (Lipinski definition) is 3. The van der Waals surface area contributed by atoms with E-state index in [-0.39, 0.29) is 11.6 Å². The lowest BCUT2D eigenvalue weighted by Gasteiger charge is -2.08. The Morgan fingerprint density at radius 2 is 1.89 bits per heavy atom. The smallest absolute Gasteiger partial charge is 0.175 e. The Hall–Kier alpha value is -1.16. The van der Waals surface area contributed by atoms with E-state index in [1.54, 1.807) is 24.3 Å². The summed E-state index contributed by atoms with van der Waals surface area (Å²) in [7, 11) is 0. The van der Waals surface area contributed by atoms with Crippen LogP contribution in [0.4, 0.5) is 0 Å². The van der Waals surface area contributed by atoms with E-state index in [1.165, 1.54) is 11.3 Å². The number of carbonyl (C=O) groups excluding carboxylic acids is 2. The predicted octanol–water partition coefficient (Wildman–Crippen LogP) is 4.29. The van der Waals surface area contributed by atoms with Crippen LogP contribution in [0.2, 0.25) is 10.0 Å². The number of Topliss-reactive ketones (excluding diaryl/α,β-unsaturated/α-hetero) is 2. The van der Waals surface area contributed by atoms with Gasteiger partial charge in [0.25, 0.3) is 0 Å². The number of ketones is 2. The van der Waals surface area contributed by atoms with Crippen molar-refractivity contribution in [3.8, 4) is 0 Å². The fourth-order valence-corrected chi connectivity index (χ4v) is 3.75. The lowest BCUT2D eigenvalue weighted by molar-refractivity contribution is 0.0822.